The lowest BCUT2D eigenvalue weighted by Gasteiger charge is -2.34. The fraction of sp³-hybridized carbons (Fsp3) is 0.286. The van der Waals surface area contributed by atoms with Gasteiger partial charge in [-0.15, -0.1) is 5.10 Å². The number of aromatic hydroxyl groups is 1. The number of halogens is 1. The number of hydrogen-bond donors (Lipinski definition) is 2. The van der Waals surface area contributed by atoms with E-state index in [2.05, 4.69) is 15.6 Å². The van der Waals surface area contributed by atoms with Crippen molar-refractivity contribution >= 4 is 22.8 Å². The second-order valence-corrected chi connectivity index (χ2v) is 9.60. The number of nitrogens with zero attached hydrogens (tertiary/aromatic N) is 4. The number of hydrogen-bond acceptors (Lipinski definition) is 5. The Morgan fingerprint density at radius 2 is 1.73 bits per heavy atom. The summed E-state index contributed by atoms with van der Waals surface area (Å²) in [4.78, 5) is 29.1. The predicted molar refractivity (Wildman–Crippen MR) is 138 cm³/mol. The molecule has 192 valence electrons. The van der Waals surface area contributed by atoms with Crippen molar-refractivity contribution < 1.29 is 19.1 Å². The van der Waals surface area contributed by atoms with E-state index in [-0.39, 0.29) is 30.7 Å². The Balaban J connectivity index is 1.76. The Kier molecular flexibility index (Phi) is 7.52. The van der Waals surface area contributed by atoms with Gasteiger partial charge in [0.1, 0.15) is 29.7 Å². The SMILES string of the molecule is CCC(C)(C)NC(=O)[C@H](c1ccc(O)cc1)N(Cc1ccc(F)cc1)C(=O)Cn1nnc2ccccc21. The molecule has 4 rings (SSSR count). The highest BCUT2D eigenvalue weighted by Crippen LogP contribution is 2.27. The van der Waals surface area contributed by atoms with Gasteiger partial charge in [0.25, 0.3) is 0 Å². The molecule has 1 aromatic heterocycles. The molecular formula is C28H30FN5O3. The van der Waals surface area contributed by atoms with Gasteiger partial charge in [0.05, 0.1) is 5.52 Å². The number of benzene rings is 3. The lowest BCUT2D eigenvalue weighted by molar-refractivity contribution is -0.143. The van der Waals surface area contributed by atoms with Crippen molar-refractivity contribution in [1.82, 2.24) is 25.2 Å². The maximum atomic E-state index is 13.9. The van der Waals surface area contributed by atoms with Crippen LogP contribution in [0, 0.1) is 5.82 Å². The molecule has 0 saturated heterocycles. The van der Waals surface area contributed by atoms with Crippen molar-refractivity contribution in [2.45, 2.75) is 51.9 Å². The molecule has 0 aliphatic heterocycles. The number of carbonyl (C=O) groups is 2. The Morgan fingerprint density at radius 1 is 1.05 bits per heavy atom. The summed E-state index contributed by atoms with van der Waals surface area (Å²) in [6, 6.07) is 18.3. The fourth-order valence-corrected chi connectivity index (χ4v) is 3.98. The first-order chi connectivity index (χ1) is 17.7. The number of phenols is 1. The van der Waals surface area contributed by atoms with Crippen LogP contribution in [0.25, 0.3) is 11.0 Å². The quantitative estimate of drug-likeness (QED) is 0.354. The molecular weight excluding hydrogens is 473 g/mol. The third kappa shape index (κ3) is 6.11. The second-order valence-electron chi connectivity index (χ2n) is 9.60. The van der Waals surface area contributed by atoms with Crippen LogP contribution in [-0.2, 0) is 22.7 Å². The molecule has 0 radical (unpaired) electrons. The van der Waals surface area contributed by atoms with E-state index in [0.717, 1.165) is 0 Å². The number of para-hydroxylation sites is 1. The maximum Gasteiger partial charge on any atom is 0.247 e. The lowest BCUT2D eigenvalue weighted by Crippen LogP contribution is -2.50. The number of amides is 2. The summed E-state index contributed by atoms with van der Waals surface area (Å²) in [5.41, 5.74) is 2.01. The summed E-state index contributed by atoms with van der Waals surface area (Å²) in [6.07, 6.45) is 0.678. The Morgan fingerprint density at radius 3 is 2.41 bits per heavy atom. The topological polar surface area (TPSA) is 100 Å². The standard InChI is InChI=1S/C28H30FN5O3/c1-4-28(2,3)30-27(37)26(20-11-15-22(35)16-12-20)33(17-19-9-13-21(29)14-10-19)25(36)18-34-24-8-6-5-7-23(24)31-32-34/h5-16,26,35H,4,17-18H2,1-3H3,(H,30,37)/t26-/m0/s1. The summed E-state index contributed by atoms with van der Waals surface area (Å²) in [7, 11) is 0. The van der Waals surface area contributed by atoms with Crippen LogP contribution in [0.4, 0.5) is 4.39 Å². The van der Waals surface area contributed by atoms with E-state index < -0.39 is 17.4 Å². The molecule has 9 heteroatoms. The van der Waals surface area contributed by atoms with Crippen LogP contribution < -0.4 is 5.32 Å². The van der Waals surface area contributed by atoms with Crippen molar-refractivity contribution in [1.29, 1.82) is 0 Å². The summed E-state index contributed by atoms with van der Waals surface area (Å²) in [5, 5.41) is 21.2. The van der Waals surface area contributed by atoms with Gasteiger partial charge in [0.2, 0.25) is 11.8 Å². The molecule has 4 aromatic rings. The molecule has 2 amide bonds. The Hall–Kier alpha value is -4.27. The largest absolute Gasteiger partial charge is 0.508 e. The minimum absolute atomic E-state index is 0.0438. The van der Waals surface area contributed by atoms with Crippen LogP contribution in [0.3, 0.4) is 0 Å². The van der Waals surface area contributed by atoms with Crippen LogP contribution in [0.2, 0.25) is 0 Å². The number of phenolic OH excluding ortho intramolecular Hbond substituents is 1. The van der Waals surface area contributed by atoms with E-state index in [9.17, 15) is 19.1 Å². The summed E-state index contributed by atoms with van der Waals surface area (Å²) >= 11 is 0. The van der Waals surface area contributed by atoms with Gasteiger partial charge in [-0.2, -0.15) is 0 Å². The first-order valence-electron chi connectivity index (χ1n) is 12.1. The molecule has 0 aliphatic rings. The molecule has 1 atom stereocenters. The molecule has 0 bridgehead atoms. The van der Waals surface area contributed by atoms with Crippen LogP contribution >= 0.6 is 0 Å². The van der Waals surface area contributed by atoms with Gasteiger partial charge >= 0.3 is 0 Å². The van der Waals surface area contributed by atoms with Gasteiger partial charge in [-0.25, -0.2) is 9.07 Å². The molecule has 0 spiro atoms. The number of aromatic nitrogens is 3. The number of fused-ring (bicyclic) bond motifs is 1. The van der Waals surface area contributed by atoms with Gasteiger partial charge in [0, 0.05) is 12.1 Å². The molecule has 0 fully saturated rings. The zero-order valence-corrected chi connectivity index (χ0v) is 21.1. The molecule has 1 heterocycles. The van der Waals surface area contributed by atoms with Gasteiger partial charge < -0.3 is 15.3 Å². The van der Waals surface area contributed by atoms with Gasteiger partial charge in [-0.3, -0.25) is 9.59 Å². The van der Waals surface area contributed by atoms with Crippen molar-refractivity contribution in [3.05, 3.63) is 89.7 Å². The summed E-state index contributed by atoms with van der Waals surface area (Å²) in [5.74, 6) is -1.09. The van der Waals surface area contributed by atoms with Gasteiger partial charge in [-0.05, 0) is 67.8 Å². The molecule has 37 heavy (non-hydrogen) atoms. The minimum atomic E-state index is -1.02. The summed E-state index contributed by atoms with van der Waals surface area (Å²) in [6.45, 7) is 5.68. The number of rotatable bonds is 9. The Bertz CT molecular complexity index is 1380. The fourth-order valence-electron chi connectivity index (χ4n) is 3.98. The van der Waals surface area contributed by atoms with Crippen LogP contribution in [0.15, 0.2) is 72.8 Å². The normalized spacial score (nSPS) is 12.3. The monoisotopic (exact) mass is 503 g/mol. The van der Waals surface area contributed by atoms with Gasteiger partial charge in [0.15, 0.2) is 0 Å². The van der Waals surface area contributed by atoms with Gasteiger partial charge in [-0.1, -0.05) is 48.5 Å². The number of carbonyl (C=O) groups excluding carboxylic acids is 2. The molecule has 2 N–H and O–H groups in total. The van der Waals surface area contributed by atoms with Crippen molar-refractivity contribution in [3.63, 3.8) is 0 Å². The predicted octanol–water partition coefficient (Wildman–Crippen LogP) is 4.35. The minimum Gasteiger partial charge on any atom is -0.508 e. The molecule has 0 saturated carbocycles. The van der Waals surface area contributed by atoms with E-state index in [1.807, 2.05) is 39.0 Å². The van der Waals surface area contributed by atoms with E-state index in [1.54, 1.807) is 30.3 Å². The maximum absolute atomic E-state index is 13.9. The van der Waals surface area contributed by atoms with E-state index in [1.165, 1.54) is 33.8 Å². The van der Waals surface area contributed by atoms with E-state index in [4.69, 9.17) is 0 Å². The molecule has 8 nitrogen and oxygen atoms in total. The van der Waals surface area contributed by atoms with Crippen molar-refractivity contribution in [2.75, 3.05) is 0 Å². The first kappa shape index (κ1) is 25.8. The third-order valence-corrected chi connectivity index (χ3v) is 6.41. The first-order valence-corrected chi connectivity index (χ1v) is 12.1. The van der Waals surface area contributed by atoms with E-state index >= 15 is 0 Å². The third-order valence-electron chi connectivity index (χ3n) is 6.41. The average molecular weight is 504 g/mol. The molecule has 0 unspecified atom stereocenters. The van der Waals surface area contributed by atoms with E-state index in [0.29, 0.717) is 28.6 Å². The van der Waals surface area contributed by atoms with Crippen molar-refractivity contribution in [3.8, 4) is 5.75 Å². The summed E-state index contributed by atoms with van der Waals surface area (Å²) < 4.78 is 15.1. The zero-order chi connectivity index (χ0) is 26.6. The zero-order valence-electron chi connectivity index (χ0n) is 21.1. The Labute approximate surface area is 214 Å². The highest BCUT2D eigenvalue weighted by atomic mass is 19.1. The highest BCUT2D eigenvalue weighted by molar-refractivity contribution is 5.89. The lowest BCUT2D eigenvalue weighted by atomic mass is 9.98. The van der Waals surface area contributed by atoms with Crippen LogP contribution in [0.1, 0.15) is 44.4 Å². The molecule has 3 aromatic carbocycles. The molecule has 0 aliphatic carbocycles. The number of nitrogens with one attached hydrogen (secondary N) is 1. The van der Waals surface area contributed by atoms with Crippen molar-refractivity contribution in [2.24, 2.45) is 0 Å². The average Bonchev–Trinajstić information content (AvgIpc) is 3.28. The van der Waals surface area contributed by atoms with Crippen LogP contribution in [-0.4, -0.2) is 42.4 Å². The smallest absolute Gasteiger partial charge is 0.247 e. The van der Waals surface area contributed by atoms with Crippen LogP contribution in [0.5, 0.6) is 5.75 Å². The second kappa shape index (κ2) is 10.8. The highest BCUT2D eigenvalue weighted by Gasteiger charge is 2.34.